The van der Waals surface area contributed by atoms with Gasteiger partial charge in [-0.1, -0.05) is 0 Å². The van der Waals surface area contributed by atoms with Crippen LogP contribution >= 0.6 is 0 Å². The fourth-order valence-corrected chi connectivity index (χ4v) is 2.85. The molecule has 2 aromatic heterocycles. The number of amides is 1. The van der Waals surface area contributed by atoms with Gasteiger partial charge in [0.15, 0.2) is 17.3 Å². The van der Waals surface area contributed by atoms with Gasteiger partial charge in [-0.05, 0) is 18.6 Å². The number of benzene rings is 1. The number of fused-ring (bicyclic) bond motifs is 1. The molecule has 0 spiro atoms. The molecule has 0 saturated heterocycles. The summed E-state index contributed by atoms with van der Waals surface area (Å²) in [6, 6.07) is 5.57. The van der Waals surface area contributed by atoms with Gasteiger partial charge in [0.2, 0.25) is 5.91 Å². The second-order valence-corrected chi connectivity index (χ2v) is 6.02. The summed E-state index contributed by atoms with van der Waals surface area (Å²) in [5.74, 6) is 1.96. The zero-order valence-electron chi connectivity index (χ0n) is 14.5. The number of nitrogens with zero attached hydrogens (tertiary/aromatic N) is 5. The topological polar surface area (TPSA) is 118 Å². The highest BCUT2D eigenvalue weighted by Crippen LogP contribution is 2.32. The third-order valence-electron chi connectivity index (χ3n) is 4.04. The van der Waals surface area contributed by atoms with Gasteiger partial charge in [0.05, 0.1) is 17.8 Å². The highest BCUT2D eigenvalue weighted by atomic mass is 16.6. The molecule has 0 bridgehead atoms. The number of rotatable bonds is 6. The molecule has 0 fully saturated rings. The molecule has 4 rings (SSSR count). The van der Waals surface area contributed by atoms with Crippen molar-refractivity contribution in [3.63, 3.8) is 0 Å². The molecule has 27 heavy (non-hydrogen) atoms. The lowest BCUT2D eigenvalue weighted by Crippen LogP contribution is -2.16. The summed E-state index contributed by atoms with van der Waals surface area (Å²) in [5, 5.41) is 4.45. The first-order chi connectivity index (χ1) is 13.2. The average Bonchev–Trinajstić information content (AvgIpc) is 3.08. The monoisotopic (exact) mass is 366 g/mol. The van der Waals surface area contributed by atoms with Crippen molar-refractivity contribution in [2.75, 3.05) is 13.2 Å². The van der Waals surface area contributed by atoms with Crippen molar-refractivity contribution >= 4 is 5.91 Å². The maximum Gasteiger partial charge on any atom is 0.225 e. The number of carbonyl (C=O) groups is 1. The van der Waals surface area contributed by atoms with E-state index in [0.29, 0.717) is 49.2 Å². The third kappa shape index (κ3) is 3.86. The fraction of sp³-hybridized carbons (Fsp3) is 0.278. The molecule has 1 aliphatic heterocycles. The maximum atomic E-state index is 11.3. The largest absolute Gasteiger partial charge is 0.486 e. The molecule has 3 heterocycles. The van der Waals surface area contributed by atoms with Crippen LogP contribution in [0, 0.1) is 0 Å². The van der Waals surface area contributed by atoms with Crippen molar-refractivity contribution in [3.8, 4) is 17.2 Å². The number of nitrogens with two attached hydrogens (primary N) is 1. The van der Waals surface area contributed by atoms with Gasteiger partial charge in [-0.3, -0.25) is 14.8 Å². The molecule has 9 heteroatoms. The summed E-state index contributed by atoms with van der Waals surface area (Å²) in [6.45, 7) is 1.03. The number of ether oxygens (including phenoxy) is 2. The van der Waals surface area contributed by atoms with Gasteiger partial charge >= 0.3 is 0 Å². The van der Waals surface area contributed by atoms with Gasteiger partial charge in [0.1, 0.15) is 19.0 Å². The minimum atomic E-state index is -0.477. The quantitative estimate of drug-likeness (QED) is 0.680. The molecular formula is C18H18N6O3. The van der Waals surface area contributed by atoms with Crippen LogP contribution in [0.3, 0.4) is 0 Å². The van der Waals surface area contributed by atoms with Gasteiger partial charge < -0.3 is 15.2 Å². The van der Waals surface area contributed by atoms with E-state index in [2.05, 4.69) is 20.1 Å². The summed E-state index contributed by atoms with van der Waals surface area (Å²) in [7, 11) is 0. The van der Waals surface area contributed by atoms with Crippen LogP contribution in [0.15, 0.2) is 36.8 Å². The first-order valence-electron chi connectivity index (χ1n) is 8.57. The molecule has 3 aromatic rings. The second kappa shape index (κ2) is 7.40. The van der Waals surface area contributed by atoms with Gasteiger partial charge in [0, 0.05) is 31.1 Å². The third-order valence-corrected chi connectivity index (χ3v) is 4.04. The van der Waals surface area contributed by atoms with Crippen molar-refractivity contribution in [2.24, 2.45) is 5.73 Å². The lowest BCUT2D eigenvalue weighted by Gasteiger charge is -2.19. The Hall–Kier alpha value is -3.49. The number of carbonyl (C=O) groups excluding carboxylic acids is 1. The summed E-state index contributed by atoms with van der Waals surface area (Å²) in [6.07, 6.45) is 6.21. The van der Waals surface area contributed by atoms with E-state index in [9.17, 15) is 4.79 Å². The van der Waals surface area contributed by atoms with Crippen LogP contribution in [0.5, 0.6) is 11.5 Å². The molecule has 0 unspecified atom stereocenters. The Morgan fingerprint density at radius 3 is 2.78 bits per heavy atom. The lowest BCUT2D eigenvalue weighted by molar-refractivity contribution is -0.117. The number of hydrogen-bond donors (Lipinski definition) is 1. The van der Waals surface area contributed by atoms with Crippen LogP contribution in [0.2, 0.25) is 0 Å². The summed E-state index contributed by atoms with van der Waals surface area (Å²) < 4.78 is 12.9. The van der Waals surface area contributed by atoms with Gasteiger partial charge in [-0.2, -0.15) is 5.10 Å². The zero-order chi connectivity index (χ0) is 18.6. The Labute approximate surface area is 155 Å². The van der Waals surface area contributed by atoms with Gasteiger partial charge in [-0.25, -0.2) is 9.67 Å². The van der Waals surface area contributed by atoms with Crippen LogP contribution in [0.25, 0.3) is 5.69 Å². The molecule has 1 aromatic carbocycles. The van der Waals surface area contributed by atoms with Crippen LogP contribution in [-0.4, -0.2) is 43.9 Å². The van der Waals surface area contributed by atoms with Crippen molar-refractivity contribution in [1.29, 1.82) is 0 Å². The number of aryl methyl sites for hydroxylation is 2. The Bertz CT molecular complexity index is 957. The van der Waals surface area contributed by atoms with E-state index >= 15 is 0 Å². The normalized spacial score (nSPS) is 12.7. The van der Waals surface area contributed by atoms with Crippen molar-refractivity contribution in [1.82, 2.24) is 24.7 Å². The van der Waals surface area contributed by atoms with E-state index < -0.39 is 5.91 Å². The number of primary amides is 1. The van der Waals surface area contributed by atoms with Crippen molar-refractivity contribution in [2.45, 2.75) is 19.3 Å². The van der Waals surface area contributed by atoms with Crippen LogP contribution in [0.1, 0.15) is 17.3 Å². The Morgan fingerprint density at radius 1 is 1.15 bits per heavy atom. The highest BCUT2D eigenvalue weighted by Gasteiger charge is 2.17. The van der Waals surface area contributed by atoms with E-state index in [1.165, 1.54) is 0 Å². The van der Waals surface area contributed by atoms with Crippen molar-refractivity contribution in [3.05, 3.63) is 54.1 Å². The van der Waals surface area contributed by atoms with Gasteiger partial charge in [-0.15, -0.1) is 0 Å². The summed E-state index contributed by atoms with van der Waals surface area (Å²) in [5.41, 5.74) is 6.92. The van der Waals surface area contributed by atoms with Gasteiger partial charge in [0.25, 0.3) is 0 Å². The molecule has 0 atom stereocenters. The predicted molar refractivity (Wildman–Crippen MR) is 94.7 cm³/mol. The van der Waals surface area contributed by atoms with Crippen LogP contribution in [0.4, 0.5) is 0 Å². The predicted octanol–water partition coefficient (Wildman–Crippen LogP) is 0.641. The standard InChI is InChI=1S/C18H18N6O3/c19-16(25)10-17-22-18(4-1-12-11-20-5-6-21-12)24(23-17)13-2-3-14-15(9-13)27-8-7-26-14/h2-3,5-6,9,11H,1,4,7-8,10H2,(H2,19,25). The van der Waals surface area contributed by atoms with E-state index in [-0.39, 0.29) is 6.42 Å². The first kappa shape index (κ1) is 17.0. The maximum absolute atomic E-state index is 11.3. The first-order valence-corrected chi connectivity index (χ1v) is 8.57. The molecule has 0 aliphatic carbocycles. The summed E-state index contributed by atoms with van der Waals surface area (Å²) in [4.78, 5) is 24.1. The van der Waals surface area contributed by atoms with Crippen LogP contribution < -0.4 is 15.2 Å². The molecule has 0 saturated carbocycles. The minimum Gasteiger partial charge on any atom is -0.486 e. The fourth-order valence-electron chi connectivity index (χ4n) is 2.85. The molecule has 2 N–H and O–H groups in total. The zero-order valence-corrected chi connectivity index (χ0v) is 14.5. The molecule has 1 amide bonds. The second-order valence-electron chi connectivity index (χ2n) is 6.02. The highest BCUT2D eigenvalue weighted by molar-refractivity contribution is 5.75. The van der Waals surface area contributed by atoms with E-state index in [1.54, 1.807) is 23.3 Å². The molecular weight excluding hydrogens is 348 g/mol. The Morgan fingerprint density at radius 2 is 2.00 bits per heavy atom. The van der Waals surface area contributed by atoms with E-state index in [1.807, 2.05) is 18.2 Å². The average molecular weight is 366 g/mol. The van der Waals surface area contributed by atoms with E-state index in [4.69, 9.17) is 15.2 Å². The minimum absolute atomic E-state index is 0.0182. The molecule has 9 nitrogen and oxygen atoms in total. The Kier molecular flexibility index (Phi) is 4.65. The molecule has 138 valence electrons. The Balaban J connectivity index is 1.65. The number of aromatic nitrogens is 5. The summed E-state index contributed by atoms with van der Waals surface area (Å²) >= 11 is 0. The smallest absolute Gasteiger partial charge is 0.225 e. The molecule has 0 radical (unpaired) electrons. The SMILES string of the molecule is NC(=O)Cc1nc(CCc2cnccn2)n(-c2ccc3c(c2)OCCO3)n1. The van der Waals surface area contributed by atoms with E-state index in [0.717, 1.165) is 11.4 Å². The van der Waals surface area contributed by atoms with Crippen molar-refractivity contribution < 1.29 is 14.3 Å². The number of hydrogen-bond acceptors (Lipinski definition) is 7. The van der Waals surface area contributed by atoms with Crippen LogP contribution in [-0.2, 0) is 24.1 Å². The molecule has 1 aliphatic rings. The lowest BCUT2D eigenvalue weighted by atomic mass is 10.2.